The van der Waals surface area contributed by atoms with E-state index in [9.17, 15) is 4.79 Å². The molecule has 1 aromatic heterocycles. The Kier molecular flexibility index (Phi) is 2.71. The molecule has 2 nitrogen and oxygen atoms in total. The Balaban J connectivity index is 1.99. The van der Waals surface area contributed by atoms with Gasteiger partial charge >= 0.3 is 0 Å². The second-order valence-electron chi connectivity index (χ2n) is 4.75. The molecule has 18 heavy (non-hydrogen) atoms. The number of hydrogen-bond acceptors (Lipinski definition) is 2. The van der Waals surface area contributed by atoms with E-state index in [1.54, 1.807) is 11.3 Å². The fraction of sp³-hybridized carbons (Fsp3) is 0.267. The van der Waals surface area contributed by atoms with Gasteiger partial charge in [-0.1, -0.05) is 25.1 Å². The molecule has 3 heteroatoms. The van der Waals surface area contributed by atoms with Crippen LogP contribution in [-0.4, -0.2) is 5.91 Å². The highest BCUT2D eigenvalue weighted by atomic mass is 32.1. The third kappa shape index (κ3) is 1.58. The summed E-state index contributed by atoms with van der Waals surface area (Å²) in [4.78, 5) is 15.3. The van der Waals surface area contributed by atoms with Gasteiger partial charge in [0.25, 0.3) is 0 Å². The van der Waals surface area contributed by atoms with E-state index in [0.717, 1.165) is 5.69 Å². The second-order valence-corrected chi connectivity index (χ2v) is 5.69. The number of carbonyl (C=O) groups excluding carboxylic acids is 1. The number of carbonyl (C=O) groups is 1. The Morgan fingerprint density at radius 3 is 2.50 bits per heavy atom. The first kappa shape index (κ1) is 11.5. The standard InChI is InChI=1S/C15H15NOS/c1-10-8-9-18-14(10)13-11(2)15(17)16(13)12-6-4-3-5-7-12/h3-9,11,13H,1-2H3. The van der Waals surface area contributed by atoms with Crippen LogP contribution in [0.4, 0.5) is 5.69 Å². The first-order valence-electron chi connectivity index (χ1n) is 6.12. The van der Waals surface area contributed by atoms with Crippen LogP contribution >= 0.6 is 11.3 Å². The molecule has 2 atom stereocenters. The van der Waals surface area contributed by atoms with Crippen molar-refractivity contribution in [1.29, 1.82) is 0 Å². The predicted octanol–water partition coefficient (Wildman–Crippen LogP) is 3.78. The monoisotopic (exact) mass is 257 g/mol. The summed E-state index contributed by atoms with van der Waals surface area (Å²) in [6.45, 7) is 4.14. The molecule has 0 bridgehead atoms. The molecule has 1 aromatic carbocycles. The average molecular weight is 257 g/mol. The minimum atomic E-state index is 0.0857. The van der Waals surface area contributed by atoms with Gasteiger partial charge in [-0.2, -0.15) is 0 Å². The minimum Gasteiger partial charge on any atom is -0.303 e. The number of rotatable bonds is 2. The van der Waals surface area contributed by atoms with Gasteiger partial charge < -0.3 is 4.90 Å². The zero-order chi connectivity index (χ0) is 12.7. The Morgan fingerprint density at radius 2 is 1.89 bits per heavy atom. The van der Waals surface area contributed by atoms with Gasteiger partial charge in [0.1, 0.15) is 0 Å². The maximum atomic E-state index is 12.1. The fourth-order valence-corrected chi connectivity index (χ4v) is 3.66. The molecular formula is C15H15NOS. The smallest absolute Gasteiger partial charge is 0.232 e. The van der Waals surface area contributed by atoms with Crippen molar-refractivity contribution in [2.24, 2.45) is 5.92 Å². The number of nitrogens with zero attached hydrogens (tertiary/aromatic N) is 1. The van der Waals surface area contributed by atoms with E-state index in [4.69, 9.17) is 0 Å². The highest BCUT2D eigenvalue weighted by molar-refractivity contribution is 7.10. The lowest BCUT2D eigenvalue weighted by Gasteiger charge is -2.45. The molecule has 0 saturated carbocycles. The minimum absolute atomic E-state index is 0.0857. The van der Waals surface area contributed by atoms with Gasteiger partial charge in [-0.25, -0.2) is 0 Å². The number of thiophene rings is 1. The van der Waals surface area contributed by atoms with Crippen LogP contribution in [0.1, 0.15) is 23.4 Å². The Morgan fingerprint density at radius 1 is 1.17 bits per heavy atom. The molecule has 1 amide bonds. The number of aryl methyl sites for hydroxylation is 1. The molecule has 0 spiro atoms. The predicted molar refractivity (Wildman–Crippen MR) is 74.9 cm³/mol. The lowest BCUT2D eigenvalue weighted by molar-refractivity contribution is -0.129. The molecule has 0 aliphatic carbocycles. The Labute approximate surface area is 111 Å². The second kappa shape index (κ2) is 4.25. The van der Waals surface area contributed by atoms with E-state index < -0.39 is 0 Å². The largest absolute Gasteiger partial charge is 0.303 e. The Hall–Kier alpha value is -1.61. The zero-order valence-corrected chi connectivity index (χ0v) is 11.3. The van der Waals surface area contributed by atoms with Crippen LogP contribution in [0.2, 0.25) is 0 Å². The van der Waals surface area contributed by atoms with Crippen molar-refractivity contribution in [3.63, 3.8) is 0 Å². The first-order valence-corrected chi connectivity index (χ1v) is 7.00. The fourth-order valence-electron chi connectivity index (χ4n) is 2.54. The average Bonchev–Trinajstić information content (AvgIpc) is 2.81. The van der Waals surface area contributed by atoms with Gasteiger partial charge in [-0.15, -0.1) is 11.3 Å². The van der Waals surface area contributed by atoms with Crippen LogP contribution in [0.5, 0.6) is 0 Å². The lowest BCUT2D eigenvalue weighted by atomic mass is 9.86. The van der Waals surface area contributed by atoms with Gasteiger partial charge in [0.2, 0.25) is 5.91 Å². The maximum absolute atomic E-state index is 12.1. The van der Waals surface area contributed by atoms with Crippen LogP contribution in [0.3, 0.4) is 0 Å². The van der Waals surface area contributed by atoms with Crippen molar-refractivity contribution in [3.05, 3.63) is 52.2 Å². The number of hydrogen-bond donors (Lipinski definition) is 0. The van der Waals surface area contributed by atoms with Crippen molar-refractivity contribution in [1.82, 2.24) is 0 Å². The summed E-state index contributed by atoms with van der Waals surface area (Å²) in [5.74, 6) is 0.307. The number of anilines is 1. The molecule has 3 rings (SSSR count). The van der Waals surface area contributed by atoms with Gasteiger partial charge in [0.15, 0.2) is 0 Å². The van der Waals surface area contributed by atoms with Crippen molar-refractivity contribution in [2.75, 3.05) is 4.90 Å². The maximum Gasteiger partial charge on any atom is 0.232 e. The molecule has 1 saturated heterocycles. The lowest BCUT2D eigenvalue weighted by Crippen LogP contribution is -2.53. The summed E-state index contributed by atoms with van der Waals surface area (Å²) in [6.07, 6.45) is 0. The molecule has 92 valence electrons. The van der Waals surface area contributed by atoms with E-state index in [2.05, 4.69) is 18.4 Å². The van der Waals surface area contributed by atoms with Crippen molar-refractivity contribution in [3.8, 4) is 0 Å². The normalized spacial score (nSPS) is 23.0. The Bertz CT molecular complexity index is 575. The molecule has 1 aliphatic heterocycles. The van der Waals surface area contributed by atoms with Crippen molar-refractivity contribution < 1.29 is 4.79 Å². The van der Waals surface area contributed by atoms with E-state index in [0.29, 0.717) is 0 Å². The molecule has 0 radical (unpaired) electrons. The third-order valence-electron chi connectivity index (χ3n) is 3.58. The topological polar surface area (TPSA) is 20.3 Å². The zero-order valence-electron chi connectivity index (χ0n) is 10.5. The summed E-state index contributed by atoms with van der Waals surface area (Å²) in [5, 5.41) is 2.10. The van der Waals surface area contributed by atoms with E-state index in [-0.39, 0.29) is 17.9 Å². The molecule has 1 fully saturated rings. The number of amides is 1. The van der Waals surface area contributed by atoms with Gasteiger partial charge in [-0.3, -0.25) is 4.79 Å². The summed E-state index contributed by atoms with van der Waals surface area (Å²) in [7, 11) is 0. The van der Waals surface area contributed by atoms with E-state index in [1.807, 2.05) is 42.2 Å². The highest BCUT2D eigenvalue weighted by Gasteiger charge is 2.46. The van der Waals surface area contributed by atoms with Crippen LogP contribution < -0.4 is 4.90 Å². The summed E-state index contributed by atoms with van der Waals surface area (Å²) in [5.41, 5.74) is 2.28. The van der Waals surface area contributed by atoms with Gasteiger partial charge in [0, 0.05) is 10.6 Å². The van der Waals surface area contributed by atoms with Gasteiger partial charge in [-0.05, 0) is 36.1 Å². The summed E-state index contributed by atoms with van der Waals surface area (Å²) >= 11 is 1.74. The van der Waals surface area contributed by atoms with Crippen LogP contribution in [0, 0.1) is 12.8 Å². The molecular weight excluding hydrogens is 242 g/mol. The number of para-hydroxylation sites is 1. The number of benzene rings is 1. The van der Waals surface area contributed by atoms with Crippen LogP contribution in [0.25, 0.3) is 0 Å². The summed E-state index contributed by atoms with van der Waals surface area (Å²) in [6, 6.07) is 12.3. The molecule has 2 heterocycles. The molecule has 2 unspecified atom stereocenters. The summed E-state index contributed by atoms with van der Waals surface area (Å²) < 4.78 is 0. The number of β-lactam (4-membered cyclic amide) rings is 1. The third-order valence-corrected chi connectivity index (χ3v) is 4.67. The quantitative estimate of drug-likeness (QED) is 0.750. The van der Waals surface area contributed by atoms with E-state index in [1.165, 1.54) is 10.4 Å². The molecule has 1 aliphatic rings. The van der Waals surface area contributed by atoms with Crippen molar-refractivity contribution in [2.45, 2.75) is 19.9 Å². The van der Waals surface area contributed by atoms with Gasteiger partial charge in [0.05, 0.1) is 12.0 Å². The highest BCUT2D eigenvalue weighted by Crippen LogP contribution is 2.45. The van der Waals surface area contributed by atoms with E-state index >= 15 is 0 Å². The van der Waals surface area contributed by atoms with Crippen LogP contribution in [-0.2, 0) is 4.79 Å². The molecule has 0 N–H and O–H groups in total. The molecule has 2 aromatic rings. The van der Waals surface area contributed by atoms with Crippen molar-refractivity contribution >= 4 is 22.9 Å². The SMILES string of the molecule is Cc1ccsc1C1C(C)C(=O)N1c1ccccc1. The van der Waals surface area contributed by atoms with Crippen LogP contribution in [0.15, 0.2) is 41.8 Å². The first-order chi connectivity index (χ1) is 8.70.